The first kappa shape index (κ1) is 41.5. The number of carbonyl (C=O) groups is 3. The number of aromatic nitrogens is 2. The van der Waals surface area contributed by atoms with Gasteiger partial charge in [-0.2, -0.15) is 0 Å². The lowest BCUT2D eigenvalue weighted by Gasteiger charge is -2.39. The maximum absolute atomic E-state index is 16.1. The van der Waals surface area contributed by atoms with Crippen LogP contribution in [0.25, 0.3) is 21.7 Å². The van der Waals surface area contributed by atoms with Crippen molar-refractivity contribution in [3.05, 3.63) is 77.5 Å². The van der Waals surface area contributed by atoms with E-state index in [4.69, 9.17) is 9.98 Å². The molecule has 3 aromatic rings. The van der Waals surface area contributed by atoms with Gasteiger partial charge in [0.05, 0.1) is 32.4 Å². The van der Waals surface area contributed by atoms with Crippen LogP contribution in [0.1, 0.15) is 75.6 Å². The number of amidine groups is 1. The van der Waals surface area contributed by atoms with Crippen molar-refractivity contribution in [1.82, 2.24) is 30.0 Å². The van der Waals surface area contributed by atoms with Crippen LogP contribution >= 0.6 is 11.3 Å². The summed E-state index contributed by atoms with van der Waals surface area (Å²) in [7, 11) is -3.69. The molecule has 322 valence electrons. The van der Waals surface area contributed by atoms with Crippen LogP contribution in [0.4, 0.5) is 10.1 Å². The maximum atomic E-state index is 16.1. The molecule has 3 amide bonds. The minimum Gasteiger partial charge on any atom is -0.357 e. The van der Waals surface area contributed by atoms with Crippen molar-refractivity contribution in [2.24, 2.45) is 28.2 Å². The summed E-state index contributed by atoms with van der Waals surface area (Å²) in [5.41, 5.74) is 1.91. The summed E-state index contributed by atoms with van der Waals surface area (Å²) in [5, 5.41) is 3.40. The van der Waals surface area contributed by atoms with Gasteiger partial charge in [-0.15, -0.1) is 11.3 Å². The molecule has 1 aliphatic carbocycles. The number of nitrogens with one attached hydrogen (secondary N) is 2. The van der Waals surface area contributed by atoms with Gasteiger partial charge in [-0.25, -0.2) is 22.8 Å². The number of rotatable bonds is 10. The number of hydrogen-bond donors (Lipinski definition) is 2. The van der Waals surface area contributed by atoms with Crippen LogP contribution in [0.3, 0.4) is 0 Å². The number of carbonyl (C=O) groups excluding carboxylic acids is 3. The van der Waals surface area contributed by atoms with Crippen molar-refractivity contribution >= 4 is 50.6 Å². The van der Waals surface area contributed by atoms with Crippen molar-refractivity contribution in [2.75, 3.05) is 56.3 Å². The van der Waals surface area contributed by atoms with Gasteiger partial charge in [0, 0.05) is 81.1 Å². The zero-order valence-corrected chi connectivity index (χ0v) is 36.2. The van der Waals surface area contributed by atoms with Gasteiger partial charge >= 0.3 is 0 Å². The molecule has 2 atom stereocenters. The second-order valence-electron chi connectivity index (χ2n) is 17.4. The molecule has 16 heteroatoms. The fraction of sp³-hybridized carbons (Fsp3) is 0.511. The first-order chi connectivity index (χ1) is 29.5. The fourth-order valence-corrected chi connectivity index (χ4v) is 12.5. The molecule has 2 N–H and O–H groups in total. The van der Waals surface area contributed by atoms with E-state index in [1.165, 1.54) is 17.4 Å². The highest BCUT2D eigenvalue weighted by molar-refractivity contribution is 7.92. The number of halogens is 1. The number of aliphatic imine (C=N–C) groups is 1. The third-order valence-corrected chi connectivity index (χ3v) is 16.3. The summed E-state index contributed by atoms with van der Waals surface area (Å²) in [4.78, 5) is 59.8. The zero-order valence-electron chi connectivity index (χ0n) is 34.5. The Hall–Kier alpha value is -4.80. The number of thiazole rings is 1. The van der Waals surface area contributed by atoms with Crippen LogP contribution in [0.5, 0.6) is 0 Å². The van der Waals surface area contributed by atoms with Gasteiger partial charge in [0.15, 0.2) is 5.82 Å². The first-order valence-corrected chi connectivity index (χ1v) is 24.3. The molecule has 9 rings (SSSR count). The molecule has 5 aliphatic heterocycles. The van der Waals surface area contributed by atoms with E-state index in [0.29, 0.717) is 44.0 Å². The van der Waals surface area contributed by atoms with Crippen LogP contribution in [0.15, 0.2) is 71.6 Å². The number of likely N-dealkylation sites (tertiary alicyclic amines) is 3. The minimum atomic E-state index is -3.69. The van der Waals surface area contributed by atoms with E-state index in [1.807, 2.05) is 23.2 Å². The van der Waals surface area contributed by atoms with Gasteiger partial charge in [0.1, 0.15) is 5.84 Å². The van der Waals surface area contributed by atoms with Gasteiger partial charge in [0.2, 0.25) is 27.7 Å². The van der Waals surface area contributed by atoms with Gasteiger partial charge in [0.25, 0.3) is 0 Å². The second-order valence-corrected chi connectivity index (χ2v) is 20.3. The number of fused-ring (bicyclic) bond motifs is 3. The Balaban J connectivity index is 0.761. The number of imide groups is 1. The monoisotopic (exact) mass is 868 g/mol. The Bertz CT molecular complexity index is 2380. The summed E-state index contributed by atoms with van der Waals surface area (Å²) in [6, 6.07) is 8.46. The standard InChI is InChI=1S/C45H53FN8O5S2/c1-2-26-61(58,59)51-36-5-3-4-33(39(36)46)40-41(30-9-18-47-19-10-30)60-42(50-40)31-15-24-54(25-16-31)43(56)32-13-20-52(21-14-32)28-29-11-22-53(23-12-29)37-7-6-34-35(27-48-37)45(34)17-8-38(55)49-44(45)57/h3-7,9-10,18-19,27,29,31-32,34,51H,2,8,11-17,20-26,28H2,1H3,(H,49,55,57). The normalized spacial score (nSPS) is 24.3. The Labute approximate surface area is 360 Å². The Morgan fingerprint density at radius 3 is 2.48 bits per heavy atom. The van der Waals surface area contributed by atoms with Crippen molar-refractivity contribution in [1.29, 1.82) is 0 Å². The van der Waals surface area contributed by atoms with Crippen LogP contribution in [-0.2, 0) is 24.4 Å². The molecule has 4 saturated heterocycles. The largest absolute Gasteiger partial charge is 0.357 e. The first-order valence-electron chi connectivity index (χ1n) is 21.8. The van der Waals surface area contributed by atoms with Crippen LogP contribution < -0.4 is 10.0 Å². The number of allylic oxidation sites excluding steroid dienone is 1. The molecular formula is C45H53FN8O5S2. The number of piperidine rings is 4. The van der Waals surface area contributed by atoms with Gasteiger partial charge in [-0.1, -0.05) is 19.1 Å². The fourth-order valence-electron chi connectivity index (χ4n) is 10.1. The summed E-state index contributed by atoms with van der Waals surface area (Å²) in [6.07, 6.45) is 16.2. The number of anilines is 1. The second kappa shape index (κ2) is 17.2. The van der Waals surface area contributed by atoms with Crippen LogP contribution in [-0.4, -0.2) is 108 Å². The lowest BCUT2D eigenvalue weighted by atomic mass is 9.90. The lowest BCUT2D eigenvalue weighted by Crippen LogP contribution is -2.47. The number of hydrogen-bond acceptors (Lipinski definition) is 11. The molecule has 2 aromatic heterocycles. The highest BCUT2D eigenvalue weighted by Gasteiger charge is 2.65. The third-order valence-electron chi connectivity index (χ3n) is 13.6. The van der Waals surface area contributed by atoms with E-state index in [-0.39, 0.29) is 52.5 Å². The van der Waals surface area contributed by atoms with Crippen molar-refractivity contribution in [3.63, 3.8) is 0 Å². The van der Waals surface area contributed by atoms with Gasteiger partial charge in [-0.3, -0.25) is 29.4 Å². The minimum absolute atomic E-state index is 0.0274. The summed E-state index contributed by atoms with van der Waals surface area (Å²) >= 11 is 1.53. The van der Waals surface area contributed by atoms with Crippen molar-refractivity contribution in [2.45, 2.75) is 70.6 Å². The van der Waals surface area contributed by atoms with E-state index in [2.05, 4.69) is 37.0 Å². The highest BCUT2D eigenvalue weighted by atomic mass is 32.2. The number of sulfonamides is 1. The zero-order chi connectivity index (χ0) is 42.3. The molecule has 1 saturated carbocycles. The Morgan fingerprint density at radius 2 is 1.75 bits per heavy atom. The molecule has 0 radical (unpaired) electrons. The van der Waals surface area contributed by atoms with Crippen LogP contribution in [0, 0.1) is 29.0 Å². The molecule has 0 bridgehead atoms. The third kappa shape index (κ3) is 8.42. The van der Waals surface area contributed by atoms with E-state index in [0.717, 1.165) is 98.1 Å². The van der Waals surface area contributed by atoms with E-state index in [9.17, 15) is 22.8 Å². The molecule has 5 fully saturated rings. The maximum Gasteiger partial charge on any atom is 0.237 e. The topological polar surface area (TPSA) is 157 Å². The lowest BCUT2D eigenvalue weighted by molar-refractivity contribution is -0.139. The average molecular weight is 869 g/mol. The number of benzene rings is 1. The summed E-state index contributed by atoms with van der Waals surface area (Å²) < 4.78 is 43.5. The molecule has 7 heterocycles. The number of nitrogens with zero attached hydrogens (tertiary/aromatic N) is 6. The Kier molecular flexibility index (Phi) is 11.7. The predicted octanol–water partition coefficient (Wildman–Crippen LogP) is 6.20. The van der Waals surface area contributed by atoms with Crippen molar-refractivity contribution in [3.8, 4) is 21.7 Å². The van der Waals surface area contributed by atoms with Gasteiger partial charge < -0.3 is 14.7 Å². The molecule has 1 aromatic carbocycles. The van der Waals surface area contributed by atoms with Gasteiger partial charge in [-0.05, 0) is 112 Å². The molecule has 13 nitrogen and oxygen atoms in total. The quantitative estimate of drug-likeness (QED) is 0.227. The summed E-state index contributed by atoms with van der Waals surface area (Å²) in [5.74, 6) is 0.832. The van der Waals surface area contributed by atoms with Crippen molar-refractivity contribution < 1.29 is 27.2 Å². The summed E-state index contributed by atoms with van der Waals surface area (Å²) in [6.45, 7) is 7.84. The number of amides is 3. The SMILES string of the molecule is CCCS(=O)(=O)Nc1cccc(-c2nc(C3CCN(C(=O)C4CCN(CC5CCN(C6=NC=C7C(C=C6)C76CCC(=O)NC6=O)CC5)CC4)CC3)sc2-c2ccncc2)c1F. The van der Waals surface area contributed by atoms with E-state index < -0.39 is 21.3 Å². The molecule has 6 aliphatic rings. The van der Waals surface area contributed by atoms with E-state index >= 15 is 4.39 Å². The Morgan fingerprint density at radius 1 is 1.00 bits per heavy atom. The predicted molar refractivity (Wildman–Crippen MR) is 233 cm³/mol. The highest BCUT2D eigenvalue weighted by Crippen LogP contribution is 2.63. The molecule has 1 spiro atoms. The molecule has 2 unspecified atom stereocenters. The average Bonchev–Trinajstić information content (AvgIpc) is 3.76. The molecule has 61 heavy (non-hydrogen) atoms. The van der Waals surface area contributed by atoms with E-state index in [1.54, 1.807) is 31.5 Å². The molecular weight excluding hydrogens is 816 g/mol. The smallest absolute Gasteiger partial charge is 0.237 e. The van der Waals surface area contributed by atoms with Crippen LogP contribution in [0.2, 0.25) is 0 Å². The number of pyridine rings is 1.